The summed E-state index contributed by atoms with van der Waals surface area (Å²) >= 11 is 15.3. The molecular formula is C23H25BrCl2N2O3. The van der Waals surface area contributed by atoms with Crippen LogP contribution < -0.4 is 10.1 Å². The average molecular weight is 528 g/mol. The molecule has 2 amide bonds. The molecule has 8 heteroatoms. The zero-order valence-electron chi connectivity index (χ0n) is 17.2. The van der Waals surface area contributed by atoms with Crippen LogP contribution in [0.1, 0.15) is 38.2 Å². The second kappa shape index (κ2) is 11.2. The summed E-state index contributed by atoms with van der Waals surface area (Å²) in [4.78, 5) is 27.5. The third kappa shape index (κ3) is 6.86. The van der Waals surface area contributed by atoms with Gasteiger partial charge in [-0.05, 0) is 71.6 Å². The molecule has 31 heavy (non-hydrogen) atoms. The van der Waals surface area contributed by atoms with Crippen LogP contribution in [-0.4, -0.2) is 35.4 Å². The molecule has 2 aromatic carbocycles. The highest BCUT2D eigenvalue weighted by atomic mass is 79.9. The number of halogens is 3. The molecule has 1 atom stereocenters. The molecule has 0 saturated heterocycles. The van der Waals surface area contributed by atoms with Gasteiger partial charge in [0.25, 0.3) is 5.91 Å². The number of rotatable bonds is 8. The second-order valence-corrected chi connectivity index (χ2v) is 9.40. The van der Waals surface area contributed by atoms with Crippen molar-refractivity contribution in [3.05, 3.63) is 62.5 Å². The quantitative estimate of drug-likeness (QED) is 0.485. The van der Waals surface area contributed by atoms with Crippen LogP contribution in [0.4, 0.5) is 0 Å². The Morgan fingerprint density at radius 2 is 1.77 bits per heavy atom. The number of amides is 2. The Bertz CT molecular complexity index is 918. The van der Waals surface area contributed by atoms with Crippen molar-refractivity contribution in [1.29, 1.82) is 0 Å². The maximum absolute atomic E-state index is 13.1. The van der Waals surface area contributed by atoms with Gasteiger partial charge in [-0.1, -0.05) is 48.2 Å². The minimum absolute atomic E-state index is 0.151. The van der Waals surface area contributed by atoms with Gasteiger partial charge in [0.15, 0.2) is 6.61 Å². The van der Waals surface area contributed by atoms with E-state index in [1.54, 1.807) is 37.3 Å². The van der Waals surface area contributed by atoms with Crippen LogP contribution >= 0.6 is 39.1 Å². The van der Waals surface area contributed by atoms with Crippen molar-refractivity contribution in [2.24, 2.45) is 0 Å². The van der Waals surface area contributed by atoms with Gasteiger partial charge in [0.2, 0.25) is 5.91 Å². The number of hydrogen-bond donors (Lipinski definition) is 1. The van der Waals surface area contributed by atoms with E-state index in [0.717, 1.165) is 31.2 Å². The normalized spacial score (nSPS) is 14.8. The SMILES string of the molecule is C[C@H](C(=O)NC1CCCC1)N(Cc1ccc(Cl)cc1)C(=O)COc1ccc(Cl)cc1Br. The molecule has 5 nitrogen and oxygen atoms in total. The summed E-state index contributed by atoms with van der Waals surface area (Å²) in [6.45, 7) is 1.82. The van der Waals surface area contributed by atoms with Crippen LogP contribution in [0, 0.1) is 0 Å². The summed E-state index contributed by atoms with van der Waals surface area (Å²) in [5, 5.41) is 4.26. The Morgan fingerprint density at radius 1 is 1.13 bits per heavy atom. The predicted octanol–water partition coefficient (Wildman–Crippen LogP) is 5.61. The number of carbonyl (C=O) groups excluding carboxylic acids is 2. The number of benzene rings is 2. The standard InChI is InChI=1S/C23H25BrCl2N2O3/c1-15(23(30)27-19-4-2-3-5-19)28(13-16-6-8-17(25)9-7-16)22(29)14-31-21-11-10-18(26)12-20(21)24/h6-12,15,19H,2-5,13-14H2,1H3,(H,27,30)/t15-/m1/s1. The number of hydrogen-bond acceptors (Lipinski definition) is 3. The smallest absolute Gasteiger partial charge is 0.261 e. The van der Waals surface area contributed by atoms with Gasteiger partial charge in [0.05, 0.1) is 4.47 Å². The lowest BCUT2D eigenvalue weighted by molar-refractivity contribution is -0.142. The monoisotopic (exact) mass is 526 g/mol. The molecule has 0 aliphatic heterocycles. The van der Waals surface area contributed by atoms with E-state index in [9.17, 15) is 9.59 Å². The van der Waals surface area contributed by atoms with E-state index in [0.29, 0.717) is 20.3 Å². The minimum Gasteiger partial charge on any atom is -0.483 e. The van der Waals surface area contributed by atoms with E-state index in [4.69, 9.17) is 27.9 Å². The molecule has 0 bridgehead atoms. The van der Waals surface area contributed by atoms with Gasteiger partial charge in [-0.2, -0.15) is 0 Å². The molecule has 1 aliphatic rings. The van der Waals surface area contributed by atoms with E-state index < -0.39 is 6.04 Å². The number of nitrogens with one attached hydrogen (secondary N) is 1. The third-order valence-electron chi connectivity index (χ3n) is 5.38. The van der Waals surface area contributed by atoms with Crippen LogP contribution in [0.2, 0.25) is 10.0 Å². The van der Waals surface area contributed by atoms with E-state index >= 15 is 0 Å². The lowest BCUT2D eigenvalue weighted by atomic mass is 10.1. The number of carbonyl (C=O) groups is 2. The van der Waals surface area contributed by atoms with Crippen LogP contribution in [0.3, 0.4) is 0 Å². The molecule has 1 fully saturated rings. The van der Waals surface area contributed by atoms with Gasteiger partial charge >= 0.3 is 0 Å². The van der Waals surface area contributed by atoms with Crippen LogP contribution in [0.5, 0.6) is 5.75 Å². The second-order valence-electron chi connectivity index (χ2n) is 7.68. The Morgan fingerprint density at radius 3 is 2.42 bits per heavy atom. The lowest BCUT2D eigenvalue weighted by Gasteiger charge is -2.29. The molecule has 1 saturated carbocycles. The highest BCUT2D eigenvalue weighted by molar-refractivity contribution is 9.10. The van der Waals surface area contributed by atoms with Crippen molar-refractivity contribution < 1.29 is 14.3 Å². The summed E-state index contributed by atoms with van der Waals surface area (Å²) in [6, 6.07) is 11.9. The van der Waals surface area contributed by atoms with Crippen molar-refractivity contribution in [3.8, 4) is 5.75 Å². The molecule has 0 aromatic heterocycles. The first-order valence-electron chi connectivity index (χ1n) is 10.3. The fourth-order valence-electron chi connectivity index (χ4n) is 3.58. The van der Waals surface area contributed by atoms with E-state index in [2.05, 4.69) is 21.2 Å². The highest BCUT2D eigenvalue weighted by Gasteiger charge is 2.28. The van der Waals surface area contributed by atoms with Crippen molar-refractivity contribution >= 4 is 50.9 Å². The van der Waals surface area contributed by atoms with Gasteiger partial charge in [-0.15, -0.1) is 0 Å². The summed E-state index contributed by atoms with van der Waals surface area (Å²) in [5.74, 6) is 0.0695. The first-order valence-corrected chi connectivity index (χ1v) is 11.8. The molecule has 2 aromatic rings. The van der Waals surface area contributed by atoms with Gasteiger partial charge in [-0.25, -0.2) is 0 Å². The number of nitrogens with zero attached hydrogens (tertiary/aromatic N) is 1. The summed E-state index contributed by atoms with van der Waals surface area (Å²) in [6.07, 6.45) is 4.21. The van der Waals surface area contributed by atoms with Gasteiger partial charge in [0.1, 0.15) is 11.8 Å². The molecule has 1 aliphatic carbocycles. The van der Waals surface area contributed by atoms with Crippen LogP contribution in [0.25, 0.3) is 0 Å². The Kier molecular flexibility index (Phi) is 8.64. The van der Waals surface area contributed by atoms with E-state index in [1.807, 2.05) is 12.1 Å². The van der Waals surface area contributed by atoms with Gasteiger partial charge in [0, 0.05) is 22.6 Å². The largest absolute Gasteiger partial charge is 0.483 e. The Balaban J connectivity index is 1.72. The molecule has 166 valence electrons. The predicted molar refractivity (Wildman–Crippen MR) is 127 cm³/mol. The lowest BCUT2D eigenvalue weighted by Crippen LogP contribution is -2.50. The maximum Gasteiger partial charge on any atom is 0.261 e. The Hall–Kier alpha value is -1.76. The van der Waals surface area contributed by atoms with Gasteiger partial charge in [-0.3, -0.25) is 9.59 Å². The summed E-state index contributed by atoms with van der Waals surface area (Å²) in [7, 11) is 0. The maximum atomic E-state index is 13.1. The van der Waals surface area contributed by atoms with E-state index in [1.165, 1.54) is 4.90 Å². The Labute approximate surface area is 201 Å². The third-order valence-corrected chi connectivity index (χ3v) is 6.49. The average Bonchev–Trinajstić information content (AvgIpc) is 3.25. The molecule has 0 heterocycles. The fraction of sp³-hybridized carbons (Fsp3) is 0.391. The topological polar surface area (TPSA) is 58.6 Å². The molecule has 0 spiro atoms. The first-order chi connectivity index (χ1) is 14.8. The van der Waals surface area contributed by atoms with Crippen LogP contribution in [0.15, 0.2) is 46.9 Å². The zero-order valence-corrected chi connectivity index (χ0v) is 20.3. The summed E-state index contributed by atoms with van der Waals surface area (Å²) in [5.41, 5.74) is 0.880. The van der Waals surface area contributed by atoms with Gasteiger partial charge < -0.3 is 15.0 Å². The molecule has 0 radical (unpaired) electrons. The molecular weight excluding hydrogens is 503 g/mol. The van der Waals surface area contributed by atoms with Crippen molar-refractivity contribution in [2.45, 2.75) is 51.2 Å². The zero-order chi connectivity index (χ0) is 22.4. The molecule has 3 rings (SSSR count). The van der Waals surface area contributed by atoms with Crippen LogP contribution in [-0.2, 0) is 16.1 Å². The highest BCUT2D eigenvalue weighted by Crippen LogP contribution is 2.28. The number of ether oxygens (including phenoxy) is 1. The van der Waals surface area contributed by atoms with Crippen molar-refractivity contribution in [1.82, 2.24) is 10.2 Å². The fourth-order valence-corrected chi connectivity index (χ4v) is 4.50. The van der Waals surface area contributed by atoms with Crippen molar-refractivity contribution in [3.63, 3.8) is 0 Å². The molecule has 1 N–H and O–H groups in total. The van der Waals surface area contributed by atoms with E-state index in [-0.39, 0.29) is 31.0 Å². The van der Waals surface area contributed by atoms with Crippen molar-refractivity contribution in [2.75, 3.05) is 6.61 Å². The summed E-state index contributed by atoms with van der Waals surface area (Å²) < 4.78 is 6.36. The first kappa shape index (κ1) is 23.9. The minimum atomic E-state index is -0.638. The molecule has 0 unspecified atom stereocenters.